The van der Waals surface area contributed by atoms with Crippen molar-refractivity contribution < 1.29 is 9.53 Å². The van der Waals surface area contributed by atoms with Crippen molar-refractivity contribution >= 4 is 5.91 Å². The molecule has 1 atom stereocenters. The third-order valence-electron chi connectivity index (χ3n) is 3.66. The molecule has 116 valence electrons. The van der Waals surface area contributed by atoms with Gasteiger partial charge in [0.05, 0.1) is 6.04 Å². The molecule has 0 heterocycles. The van der Waals surface area contributed by atoms with Gasteiger partial charge in [-0.15, -0.1) is 0 Å². The summed E-state index contributed by atoms with van der Waals surface area (Å²) >= 11 is 0. The summed E-state index contributed by atoms with van der Waals surface area (Å²) in [6.07, 6.45) is 0.823. The van der Waals surface area contributed by atoms with E-state index in [4.69, 9.17) is 4.74 Å². The van der Waals surface area contributed by atoms with Gasteiger partial charge in [-0.05, 0) is 49.6 Å². The van der Waals surface area contributed by atoms with Crippen molar-refractivity contribution in [2.45, 2.75) is 33.2 Å². The van der Waals surface area contributed by atoms with E-state index in [1.54, 1.807) is 0 Å². The summed E-state index contributed by atoms with van der Waals surface area (Å²) in [5.74, 6) is 0.793. The second kappa shape index (κ2) is 7.64. The first kappa shape index (κ1) is 16.1. The first-order chi connectivity index (χ1) is 10.6. The van der Waals surface area contributed by atoms with Gasteiger partial charge in [0.25, 0.3) is 5.91 Å². The Bertz CT molecular complexity index is 637. The summed E-state index contributed by atoms with van der Waals surface area (Å²) in [6.45, 7) is 6.49. The second-order valence-electron chi connectivity index (χ2n) is 5.52. The predicted molar refractivity (Wildman–Crippen MR) is 89.4 cm³/mol. The SMILES string of the molecule is CC[C@@H](COc1cccc(C)c1)NC(=O)c1ccccc1C. The van der Waals surface area contributed by atoms with Gasteiger partial charge in [-0.3, -0.25) is 4.79 Å². The van der Waals surface area contributed by atoms with E-state index >= 15 is 0 Å². The van der Waals surface area contributed by atoms with E-state index in [9.17, 15) is 4.79 Å². The van der Waals surface area contributed by atoms with Crippen molar-refractivity contribution in [3.8, 4) is 5.75 Å². The van der Waals surface area contributed by atoms with Crippen molar-refractivity contribution in [2.24, 2.45) is 0 Å². The first-order valence-corrected chi connectivity index (χ1v) is 7.66. The molecule has 2 rings (SSSR count). The molecule has 0 saturated heterocycles. The van der Waals surface area contributed by atoms with Gasteiger partial charge in [0, 0.05) is 5.56 Å². The Morgan fingerprint density at radius 2 is 1.91 bits per heavy atom. The van der Waals surface area contributed by atoms with E-state index in [0.29, 0.717) is 6.61 Å². The van der Waals surface area contributed by atoms with Crippen LogP contribution in [0.5, 0.6) is 5.75 Å². The van der Waals surface area contributed by atoms with Crippen LogP contribution in [0.3, 0.4) is 0 Å². The van der Waals surface area contributed by atoms with Gasteiger partial charge in [-0.25, -0.2) is 0 Å². The van der Waals surface area contributed by atoms with E-state index in [0.717, 1.165) is 28.9 Å². The number of carbonyl (C=O) groups excluding carboxylic acids is 1. The van der Waals surface area contributed by atoms with Crippen molar-refractivity contribution in [1.82, 2.24) is 5.32 Å². The minimum atomic E-state index is -0.0437. The van der Waals surface area contributed by atoms with Gasteiger partial charge < -0.3 is 10.1 Å². The summed E-state index contributed by atoms with van der Waals surface area (Å²) in [7, 11) is 0. The second-order valence-corrected chi connectivity index (χ2v) is 5.52. The van der Waals surface area contributed by atoms with Gasteiger partial charge in [0.1, 0.15) is 12.4 Å². The van der Waals surface area contributed by atoms with Crippen molar-refractivity contribution in [3.05, 3.63) is 65.2 Å². The Morgan fingerprint density at radius 1 is 1.14 bits per heavy atom. The molecule has 0 radical (unpaired) electrons. The average molecular weight is 297 g/mol. The zero-order valence-corrected chi connectivity index (χ0v) is 13.4. The van der Waals surface area contributed by atoms with Gasteiger partial charge in [-0.2, -0.15) is 0 Å². The Hall–Kier alpha value is -2.29. The molecule has 0 aliphatic carbocycles. The Balaban J connectivity index is 1.95. The number of hydrogen-bond acceptors (Lipinski definition) is 2. The van der Waals surface area contributed by atoms with Crippen LogP contribution in [0.1, 0.15) is 34.8 Å². The molecule has 0 aliphatic heterocycles. The molecule has 0 bridgehead atoms. The maximum Gasteiger partial charge on any atom is 0.251 e. The zero-order chi connectivity index (χ0) is 15.9. The number of hydrogen-bond donors (Lipinski definition) is 1. The van der Waals surface area contributed by atoms with Crippen LogP contribution in [-0.2, 0) is 0 Å². The molecule has 3 nitrogen and oxygen atoms in total. The van der Waals surface area contributed by atoms with Crippen LogP contribution in [0.2, 0.25) is 0 Å². The average Bonchev–Trinajstić information content (AvgIpc) is 2.51. The van der Waals surface area contributed by atoms with Crippen LogP contribution in [-0.4, -0.2) is 18.6 Å². The monoisotopic (exact) mass is 297 g/mol. The molecule has 0 aromatic heterocycles. The Morgan fingerprint density at radius 3 is 2.59 bits per heavy atom. The van der Waals surface area contributed by atoms with Crippen molar-refractivity contribution in [2.75, 3.05) is 6.61 Å². The maximum absolute atomic E-state index is 12.3. The Labute approximate surface area is 132 Å². The Kier molecular flexibility index (Phi) is 5.59. The van der Waals surface area contributed by atoms with Crippen LogP contribution in [0.4, 0.5) is 0 Å². The molecule has 0 fully saturated rings. The molecular formula is C19H23NO2. The topological polar surface area (TPSA) is 38.3 Å². The van der Waals surface area contributed by atoms with Crippen LogP contribution in [0.25, 0.3) is 0 Å². The van der Waals surface area contributed by atoms with Crippen LogP contribution < -0.4 is 10.1 Å². The highest BCUT2D eigenvalue weighted by Crippen LogP contribution is 2.13. The standard InChI is InChI=1S/C19H23NO2/c1-4-16(13-22-17-10-7-8-14(2)12-17)20-19(21)18-11-6-5-9-15(18)3/h5-12,16H,4,13H2,1-3H3,(H,20,21)/t16-/m0/s1. The maximum atomic E-state index is 12.3. The molecule has 2 aromatic carbocycles. The van der Waals surface area contributed by atoms with Crippen LogP contribution in [0.15, 0.2) is 48.5 Å². The van der Waals surface area contributed by atoms with E-state index in [2.05, 4.69) is 5.32 Å². The summed E-state index contributed by atoms with van der Waals surface area (Å²) < 4.78 is 5.79. The summed E-state index contributed by atoms with van der Waals surface area (Å²) in [4.78, 5) is 12.3. The van der Waals surface area contributed by atoms with Gasteiger partial charge >= 0.3 is 0 Å². The van der Waals surface area contributed by atoms with Crippen molar-refractivity contribution in [1.29, 1.82) is 0 Å². The largest absolute Gasteiger partial charge is 0.491 e. The minimum absolute atomic E-state index is 0.00683. The molecule has 22 heavy (non-hydrogen) atoms. The van der Waals surface area contributed by atoms with Gasteiger partial charge in [-0.1, -0.05) is 37.3 Å². The summed E-state index contributed by atoms with van der Waals surface area (Å²) in [5, 5.41) is 3.04. The fourth-order valence-electron chi connectivity index (χ4n) is 2.25. The van der Waals surface area contributed by atoms with Crippen LogP contribution >= 0.6 is 0 Å². The van der Waals surface area contributed by atoms with Gasteiger partial charge in [0.2, 0.25) is 0 Å². The number of amides is 1. The highest BCUT2D eigenvalue weighted by Gasteiger charge is 2.14. The molecule has 3 heteroatoms. The highest BCUT2D eigenvalue weighted by atomic mass is 16.5. The number of carbonyl (C=O) groups is 1. The molecule has 0 saturated carbocycles. The summed E-state index contributed by atoms with van der Waals surface area (Å²) in [5.41, 5.74) is 2.86. The smallest absolute Gasteiger partial charge is 0.251 e. The third kappa shape index (κ3) is 4.35. The fraction of sp³-hybridized carbons (Fsp3) is 0.316. The molecular weight excluding hydrogens is 274 g/mol. The number of benzene rings is 2. The van der Waals surface area contributed by atoms with E-state index in [1.807, 2.05) is 69.3 Å². The molecule has 2 aromatic rings. The zero-order valence-electron chi connectivity index (χ0n) is 13.4. The lowest BCUT2D eigenvalue weighted by atomic mass is 10.1. The molecule has 0 unspecified atom stereocenters. The first-order valence-electron chi connectivity index (χ1n) is 7.66. The molecule has 0 spiro atoms. The third-order valence-corrected chi connectivity index (χ3v) is 3.66. The lowest BCUT2D eigenvalue weighted by Crippen LogP contribution is -2.38. The summed E-state index contributed by atoms with van der Waals surface area (Å²) in [6, 6.07) is 15.5. The highest BCUT2D eigenvalue weighted by molar-refractivity contribution is 5.95. The number of nitrogens with one attached hydrogen (secondary N) is 1. The number of aryl methyl sites for hydroxylation is 2. The quantitative estimate of drug-likeness (QED) is 0.878. The predicted octanol–water partition coefficient (Wildman–Crippen LogP) is 3.89. The molecule has 1 amide bonds. The number of rotatable bonds is 6. The minimum Gasteiger partial charge on any atom is -0.491 e. The van der Waals surface area contributed by atoms with E-state index in [-0.39, 0.29) is 11.9 Å². The normalized spacial score (nSPS) is 11.8. The number of ether oxygens (including phenoxy) is 1. The van der Waals surface area contributed by atoms with E-state index in [1.165, 1.54) is 0 Å². The molecule has 0 aliphatic rings. The van der Waals surface area contributed by atoms with Crippen molar-refractivity contribution in [3.63, 3.8) is 0 Å². The molecule has 1 N–H and O–H groups in total. The lowest BCUT2D eigenvalue weighted by molar-refractivity contribution is 0.0919. The van der Waals surface area contributed by atoms with Gasteiger partial charge in [0.15, 0.2) is 0 Å². The fourth-order valence-corrected chi connectivity index (χ4v) is 2.25. The van der Waals surface area contributed by atoms with E-state index < -0.39 is 0 Å². The lowest BCUT2D eigenvalue weighted by Gasteiger charge is -2.18. The van der Waals surface area contributed by atoms with Crippen LogP contribution in [0, 0.1) is 13.8 Å².